The van der Waals surface area contributed by atoms with Gasteiger partial charge in [0.05, 0.1) is 25.9 Å². The normalized spacial score (nSPS) is 19.2. The number of nitrogen functional groups attached to an aromatic ring is 1. The van der Waals surface area contributed by atoms with Crippen molar-refractivity contribution in [2.24, 2.45) is 0 Å². The molecule has 1 saturated heterocycles. The topological polar surface area (TPSA) is 73.6 Å². The zero-order chi connectivity index (χ0) is 13.8. The van der Waals surface area contributed by atoms with Crippen LogP contribution in [0.15, 0.2) is 12.1 Å². The van der Waals surface area contributed by atoms with Gasteiger partial charge in [0.1, 0.15) is 17.3 Å². The summed E-state index contributed by atoms with van der Waals surface area (Å²) >= 11 is 0. The molecule has 0 bridgehead atoms. The third-order valence-electron chi connectivity index (χ3n) is 2.72. The molecule has 1 aliphatic heterocycles. The minimum Gasteiger partial charge on any atom is -0.394 e. The van der Waals surface area contributed by atoms with Gasteiger partial charge in [-0.3, -0.25) is 4.79 Å². The molecule has 1 aromatic rings. The van der Waals surface area contributed by atoms with Crippen molar-refractivity contribution >= 4 is 11.6 Å². The van der Waals surface area contributed by atoms with E-state index in [1.165, 1.54) is 0 Å². The van der Waals surface area contributed by atoms with E-state index in [2.05, 4.69) is 5.32 Å². The minimum absolute atomic E-state index is 0.124. The number of amides is 1. The van der Waals surface area contributed by atoms with E-state index in [1.54, 1.807) is 0 Å². The summed E-state index contributed by atoms with van der Waals surface area (Å²) in [4.78, 5) is 11.7. The Morgan fingerprint density at radius 3 is 2.63 bits per heavy atom. The molecule has 19 heavy (non-hydrogen) atoms. The predicted molar refractivity (Wildman–Crippen MR) is 63.7 cm³/mol. The number of halogens is 2. The van der Waals surface area contributed by atoms with Crippen LogP contribution >= 0.6 is 0 Å². The van der Waals surface area contributed by atoms with Crippen LogP contribution in [0.5, 0.6) is 0 Å². The fraction of sp³-hybridized carbons (Fsp3) is 0.417. The summed E-state index contributed by atoms with van der Waals surface area (Å²) in [5.74, 6) is -2.50. The highest BCUT2D eigenvalue weighted by atomic mass is 19.1. The first kappa shape index (κ1) is 13.7. The summed E-state index contributed by atoms with van der Waals surface area (Å²) < 4.78 is 36.9. The fourth-order valence-electron chi connectivity index (χ4n) is 1.68. The molecule has 7 heteroatoms. The quantitative estimate of drug-likeness (QED) is 0.794. The second-order valence-corrected chi connectivity index (χ2v) is 4.13. The first-order valence-electron chi connectivity index (χ1n) is 5.80. The summed E-state index contributed by atoms with van der Waals surface area (Å²) in [6, 6.07) is 1.79. The largest absolute Gasteiger partial charge is 0.394 e. The van der Waals surface area contributed by atoms with Gasteiger partial charge in [-0.1, -0.05) is 0 Å². The Morgan fingerprint density at radius 2 is 2.05 bits per heavy atom. The molecule has 5 nitrogen and oxygen atoms in total. The van der Waals surface area contributed by atoms with E-state index in [9.17, 15) is 13.6 Å². The van der Waals surface area contributed by atoms with Gasteiger partial charge in [0.15, 0.2) is 0 Å². The van der Waals surface area contributed by atoms with Crippen LogP contribution in [-0.2, 0) is 9.47 Å². The standard InChI is InChI=1S/C12H14F2N2O3/c13-9-3-7(4-10(14)11(9)15)12(17)16-5-8-6-18-1-2-19-8/h3-4,8H,1-2,5-6,15H2,(H,16,17). The van der Waals surface area contributed by atoms with Crippen LogP contribution in [0.2, 0.25) is 0 Å². The molecule has 2 rings (SSSR count). The Labute approximate surface area is 108 Å². The lowest BCUT2D eigenvalue weighted by molar-refractivity contribution is -0.0855. The molecule has 104 valence electrons. The average Bonchev–Trinajstić information content (AvgIpc) is 2.42. The molecule has 1 aliphatic rings. The van der Waals surface area contributed by atoms with Crippen LogP contribution in [0.3, 0.4) is 0 Å². The molecule has 1 atom stereocenters. The Balaban J connectivity index is 1.96. The molecule has 1 amide bonds. The maximum atomic E-state index is 13.2. The average molecular weight is 272 g/mol. The van der Waals surface area contributed by atoms with Gasteiger partial charge >= 0.3 is 0 Å². The lowest BCUT2D eigenvalue weighted by atomic mass is 10.1. The maximum Gasteiger partial charge on any atom is 0.251 e. The number of rotatable bonds is 3. The van der Waals surface area contributed by atoms with Crippen LogP contribution in [0, 0.1) is 11.6 Å². The first-order valence-corrected chi connectivity index (χ1v) is 5.80. The zero-order valence-electron chi connectivity index (χ0n) is 10.1. The van der Waals surface area contributed by atoms with Crippen molar-refractivity contribution in [2.75, 3.05) is 32.1 Å². The molecule has 1 unspecified atom stereocenters. The van der Waals surface area contributed by atoms with Crippen LogP contribution < -0.4 is 11.1 Å². The molecule has 0 aliphatic carbocycles. The second kappa shape index (κ2) is 5.94. The Bertz CT molecular complexity index is 453. The number of carbonyl (C=O) groups is 1. The van der Waals surface area contributed by atoms with E-state index in [-0.39, 0.29) is 18.2 Å². The Kier molecular flexibility index (Phi) is 4.28. The van der Waals surface area contributed by atoms with Gasteiger partial charge < -0.3 is 20.5 Å². The van der Waals surface area contributed by atoms with E-state index in [1.807, 2.05) is 0 Å². The number of benzene rings is 1. The molecular weight excluding hydrogens is 258 g/mol. The molecular formula is C12H14F2N2O3. The lowest BCUT2D eigenvalue weighted by Gasteiger charge is -2.23. The molecule has 3 N–H and O–H groups in total. The highest BCUT2D eigenvalue weighted by molar-refractivity contribution is 5.94. The maximum absolute atomic E-state index is 13.2. The Hall–Kier alpha value is -1.73. The number of hydrogen-bond acceptors (Lipinski definition) is 4. The third-order valence-corrected chi connectivity index (χ3v) is 2.72. The van der Waals surface area contributed by atoms with Gasteiger partial charge in [0.2, 0.25) is 0 Å². The molecule has 0 saturated carbocycles. The number of nitrogens with one attached hydrogen (secondary N) is 1. The van der Waals surface area contributed by atoms with Gasteiger partial charge in [-0.25, -0.2) is 8.78 Å². The van der Waals surface area contributed by atoms with Crippen molar-refractivity contribution in [3.05, 3.63) is 29.3 Å². The number of hydrogen-bond donors (Lipinski definition) is 2. The van der Waals surface area contributed by atoms with Crippen LogP contribution in [-0.4, -0.2) is 38.4 Å². The molecule has 1 aromatic carbocycles. The van der Waals surface area contributed by atoms with Gasteiger partial charge in [0.25, 0.3) is 5.91 Å². The third kappa shape index (κ3) is 3.39. The van der Waals surface area contributed by atoms with Crippen molar-refractivity contribution in [3.8, 4) is 0 Å². The monoisotopic (exact) mass is 272 g/mol. The highest BCUT2D eigenvalue weighted by Gasteiger charge is 2.17. The molecule has 0 spiro atoms. The molecule has 0 aromatic heterocycles. The first-order chi connectivity index (χ1) is 9.08. The Morgan fingerprint density at radius 1 is 1.37 bits per heavy atom. The summed E-state index contributed by atoms with van der Waals surface area (Å²) in [7, 11) is 0. The highest BCUT2D eigenvalue weighted by Crippen LogP contribution is 2.17. The smallest absolute Gasteiger partial charge is 0.251 e. The molecule has 0 radical (unpaired) electrons. The summed E-state index contributed by atoms with van der Waals surface area (Å²) in [6.07, 6.45) is -0.249. The number of carbonyl (C=O) groups excluding carboxylic acids is 1. The fourth-order valence-corrected chi connectivity index (χ4v) is 1.68. The van der Waals surface area contributed by atoms with Crippen molar-refractivity contribution in [2.45, 2.75) is 6.10 Å². The van der Waals surface area contributed by atoms with E-state index in [0.29, 0.717) is 19.8 Å². The summed E-state index contributed by atoms with van der Waals surface area (Å²) in [5.41, 5.74) is 4.40. The number of ether oxygens (including phenoxy) is 2. The van der Waals surface area contributed by atoms with Gasteiger partial charge in [0, 0.05) is 12.1 Å². The molecule has 1 fully saturated rings. The summed E-state index contributed by atoms with van der Waals surface area (Å²) in [6.45, 7) is 1.59. The zero-order valence-corrected chi connectivity index (χ0v) is 10.1. The van der Waals surface area contributed by atoms with Crippen molar-refractivity contribution in [1.82, 2.24) is 5.32 Å². The number of nitrogens with two attached hydrogens (primary N) is 1. The van der Waals surface area contributed by atoms with Crippen LogP contribution in [0.25, 0.3) is 0 Å². The lowest BCUT2D eigenvalue weighted by Crippen LogP contribution is -2.39. The van der Waals surface area contributed by atoms with Crippen LogP contribution in [0.1, 0.15) is 10.4 Å². The van der Waals surface area contributed by atoms with E-state index < -0.39 is 23.2 Å². The van der Waals surface area contributed by atoms with Gasteiger partial charge in [-0.05, 0) is 12.1 Å². The molecule has 1 heterocycles. The second-order valence-electron chi connectivity index (χ2n) is 4.13. The van der Waals surface area contributed by atoms with Crippen LogP contribution in [0.4, 0.5) is 14.5 Å². The van der Waals surface area contributed by atoms with E-state index in [4.69, 9.17) is 15.2 Å². The minimum atomic E-state index is -0.956. The SMILES string of the molecule is Nc1c(F)cc(C(=O)NCC2COCCO2)cc1F. The van der Waals surface area contributed by atoms with Crippen molar-refractivity contribution in [3.63, 3.8) is 0 Å². The number of anilines is 1. The van der Waals surface area contributed by atoms with Gasteiger partial charge in [-0.15, -0.1) is 0 Å². The predicted octanol–water partition coefficient (Wildman–Crippen LogP) is 0.692. The van der Waals surface area contributed by atoms with E-state index >= 15 is 0 Å². The van der Waals surface area contributed by atoms with Crippen molar-refractivity contribution < 1.29 is 23.0 Å². The van der Waals surface area contributed by atoms with E-state index in [0.717, 1.165) is 12.1 Å². The summed E-state index contributed by atoms with van der Waals surface area (Å²) in [5, 5.41) is 2.52. The van der Waals surface area contributed by atoms with Gasteiger partial charge in [-0.2, -0.15) is 0 Å². The van der Waals surface area contributed by atoms with Crippen molar-refractivity contribution in [1.29, 1.82) is 0 Å².